The van der Waals surface area contributed by atoms with Crippen molar-refractivity contribution in [3.8, 4) is 5.69 Å². The average molecular weight is 459 g/mol. The maximum absolute atomic E-state index is 13.3. The summed E-state index contributed by atoms with van der Waals surface area (Å²) in [5.41, 5.74) is 10.4. The fourth-order valence-electron chi connectivity index (χ4n) is 4.26. The molecule has 2 aromatic carbocycles. The van der Waals surface area contributed by atoms with Crippen molar-refractivity contribution in [2.24, 2.45) is 0 Å². The SMILES string of the molecule is CCc1cc(C(=O)Nc2ccc(C(=O)N3CCCC3)cc2C)n(-c2ccc3onc(N)c3c2)n1. The fourth-order valence-corrected chi connectivity index (χ4v) is 4.26. The summed E-state index contributed by atoms with van der Waals surface area (Å²) >= 11 is 0. The lowest BCUT2D eigenvalue weighted by atomic mass is 10.1. The molecule has 3 heterocycles. The molecule has 4 aromatic rings. The second-order valence-corrected chi connectivity index (χ2v) is 8.52. The number of hydrogen-bond donors (Lipinski definition) is 2. The monoisotopic (exact) mass is 458 g/mol. The second-order valence-electron chi connectivity index (χ2n) is 8.52. The number of anilines is 2. The van der Waals surface area contributed by atoms with E-state index in [-0.39, 0.29) is 17.6 Å². The molecule has 0 radical (unpaired) electrons. The molecule has 2 amide bonds. The lowest BCUT2D eigenvalue weighted by molar-refractivity contribution is 0.0792. The Kier molecular flexibility index (Phi) is 5.53. The van der Waals surface area contributed by atoms with Crippen LogP contribution in [0.25, 0.3) is 16.7 Å². The minimum atomic E-state index is -0.299. The molecule has 1 aliphatic heterocycles. The van der Waals surface area contributed by atoms with Crippen LogP contribution < -0.4 is 11.1 Å². The number of fused-ring (bicyclic) bond motifs is 1. The zero-order valence-corrected chi connectivity index (χ0v) is 19.2. The van der Waals surface area contributed by atoms with E-state index >= 15 is 0 Å². The molecule has 9 heteroatoms. The molecule has 1 aliphatic rings. The number of nitrogens with zero attached hydrogens (tertiary/aromatic N) is 4. The van der Waals surface area contributed by atoms with Gasteiger partial charge in [-0.05, 0) is 74.2 Å². The molecule has 3 N–H and O–H groups in total. The number of amides is 2. The number of nitrogen functional groups attached to an aromatic ring is 1. The molecule has 1 fully saturated rings. The van der Waals surface area contributed by atoms with Crippen molar-refractivity contribution in [2.45, 2.75) is 33.1 Å². The Morgan fingerprint density at radius 1 is 1.12 bits per heavy atom. The van der Waals surface area contributed by atoms with Crippen molar-refractivity contribution in [1.82, 2.24) is 19.8 Å². The normalized spacial score (nSPS) is 13.5. The molecule has 0 aliphatic carbocycles. The first kappa shape index (κ1) is 21.7. The first-order valence-corrected chi connectivity index (χ1v) is 11.4. The summed E-state index contributed by atoms with van der Waals surface area (Å²) in [7, 11) is 0. The standard InChI is InChI=1S/C25H26N6O3/c1-3-17-13-21(31(28-17)18-7-9-22-19(14-18)23(26)29-34-22)24(32)27-20-8-6-16(12-15(20)2)25(33)30-10-4-5-11-30/h6-9,12-14H,3-5,10-11H2,1-2H3,(H2,26,29)(H,27,32). The smallest absolute Gasteiger partial charge is 0.274 e. The van der Waals surface area contributed by atoms with E-state index in [1.165, 1.54) is 0 Å². The van der Waals surface area contributed by atoms with Crippen LogP contribution in [-0.4, -0.2) is 44.7 Å². The van der Waals surface area contributed by atoms with Crippen molar-refractivity contribution in [1.29, 1.82) is 0 Å². The van der Waals surface area contributed by atoms with Gasteiger partial charge in [0, 0.05) is 24.3 Å². The van der Waals surface area contributed by atoms with Crippen LogP contribution in [0.5, 0.6) is 0 Å². The molecule has 0 saturated carbocycles. The molecule has 1 saturated heterocycles. The second kappa shape index (κ2) is 8.66. The third-order valence-electron chi connectivity index (χ3n) is 6.20. The highest BCUT2D eigenvalue weighted by Gasteiger charge is 2.21. The number of nitrogens with one attached hydrogen (secondary N) is 1. The zero-order chi connectivity index (χ0) is 23.8. The molecule has 2 aromatic heterocycles. The summed E-state index contributed by atoms with van der Waals surface area (Å²) in [5.74, 6) is 0.0183. The molecule has 9 nitrogen and oxygen atoms in total. The van der Waals surface area contributed by atoms with E-state index in [9.17, 15) is 9.59 Å². The van der Waals surface area contributed by atoms with Crippen LogP contribution in [-0.2, 0) is 6.42 Å². The predicted octanol–water partition coefficient (Wildman–Crippen LogP) is 3.95. The van der Waals surface area contributed by atoms with E-state index in [0.29, 0.717) is 40.0 Å². The Labute approximate surface area is 196 Å². The number of carbonyl (C=O) groups excluding carboxylic acids is 2. The van der Waals surface area contributed by atoms with Crippen LogP contribution in [0, 0.1) is 6.92 Å². The van der Waals surface area contributed by atoms with Crippen molar-refractivity contribution >= 4 is 34.3 Å². The summed E-state index contributed by atoms with van der Waals surface area (Å²) in [6.45, 7) is 5.46. The first-order valence-electron chi connectivity index (χ1n) is 11.4. The van der Waals surface area contributed by atoms with Gasteiger partial charge in [-0.25, -0.2) is 4.68 Å². The molecular weight excluding hydrogens is 432 g/mol. The zero-order valence-electron chi connectivity index (χ0n) is 19.2. The van der Waals surface area contributed by atoms with Crippen LogP contribution in [0.2, 0.25) is 0 Å². The number of nitrogens with two attached hydrogens (primary N) is 1. The summed E-state index contributed by atoms with van der Waals surface area (Å²) < 4.78 is 6.78. The Balaban J connectivity index is 1.43. The predicted molar refractivity (Wildman–Crippen MR) is 129 cm³/mol. The summed E-state index contributed by atoms with van der Waals surface area (Å²) in [6.07, 6.45) is 2.77. The van der Waals surface area contributed by atoms with Crippen LogP contribution in [0.15, 0.2) is 47.0 Å². The quantitative estimate of drug-likeness (QED) is 0.467. The number of rotatable bonds is 5. The topological polar surface area (TPSA) is 119 Å². The van der Waals surface area contributed by atoms with Crippen molar-refractivity contribution in [2.75, 3.05) is 24.1 Å². The minimum absolute atomic E-state index is 0.0348. The third kappa shape index (κ3) is 3.89. The van der Waals surface area contributed by atoms with Crippen LogP contribution >= 0.6 is 0 Å². The van der Waals surface area contributed by atoms with Crippen molar-refractivity contribution in [3.05, 3.63) is 65.0 Å². The van der Waals surface area contributed by atoms with Crippen LogP contribution in [0.4, 0.5) is 11.5 Å². The van der Waals surface area contributed by atoms with Gasteiger partial charge in [-0.3, -0.25) is 9.59 Å². The van der Waals surface area contributed by atoms with E-state index in [1.807, 2.05) is 24.8 Å². The van der Waals surface area contributed by atoms with E-state index in [0.717, 1.165) is 37.2 Å². The molecule has 0 atom stereocenters. The Hall–Kier alpha value is -4.14. The largest absolute Gasteiger partial charge is 0.380 e. The third-order valence-corrected chi connectivity index (χ3v) is 6.20. The van der Waals surface area contributed by atoms with Crippen LogP contribution in [0.1, 0.15) is 51.9 Å². The number of aryl methyl sites for hydroxylation is 2. The van der Waals surface area contributed by atoms with Gasteiger partial charge in [-0.15, -0.1) is 0 Å². The molecular formula is C25H26N6O3. The van der Waals surface area contributed by atoms with Gasteiger partial charge >= 0.3 is 0 Å². The lowest BCUT2D eigenvalue weighted by Crippen LogP contribution is -2.27. The van der Waals surface area contributed by atoms with Gasteiger partial charge in [0.05, 0.1) is 16.8 Å². The van der Waals surface area contributed by atoms with Crippen molar-refractivity contribution in [3.63, 3.8) is 0 Å². The molecule has 0 bridgehead atoms. The number of hydrogen-bond acceptors (Lipinski definition) is 6. The maximum Gasteiger partial charge on any atom is 0.274 e. The van der Waals surface area contributed by atoms with Gasteiger partial charge < -0.3 is 20.5 Å². The molecule has 0 unspecified atom stereocenters. The summed E-state index contributed by atoms with van der Waals surface area (Å²) in [6, 6.07) is 12.5. The highest BCUT2D eigenvalue weighted by atomic mass is 16.5. The number of carbonyl (C=O) groups is 2. The Bertz CT molecular complexity index is 1400. The summed E-state index contributed by atoms with van der Waals surface area (Å²) in [5, 5.41) is 12.0. The molecule has 174 valence electrons. The number of aromatic nitrogens is 3. The molecule has 5 rings (SSSR count). The minimum Gasteiger partial charge on any atom is -0.380 e. The van der Waals surface area contributed by atoms with Crippen LogP contribution in [0.3, 0.4) is 0 Å². The first-order chi connectivity index (χ1) is 16.4. The average Bonchev–Trinajstić information content (AvgIpc) is 3.60. The Morgan fingerprint density at radius 3 is 2.65 bits per heavy atom. The lowest BCUT2D eigenvalue weighted by Gasteiger charge is -2.16. The van der Waals surface area contributed by atoms with E-state index in [4.69, 9.17) is 10.3 Å². The van der Waals surface area contributed by atoms with E-state index in [1.54, 1.807) is 41.1 Å². The highest BCUT2D eigenvalue weighted by molar-refractivity contribution is 6.04. The molecule has 34 heavy (non-hydrogen) atoms. The van der Waals surface area contributed by atoms with Gasteiger partial charge in [0.2, 0.25) is 0 Å². The van der Waals surface area contributed by atoms with E-state index in [2.05, 4.69) is 15.6 Å². The summed E-state index contributed by atoms with van der Waals surface area (Å²) in [4.78, 5) is 27.9. The fraction of sp³-hybridized carbons (Fsp3) is 0.280. The van der Waals surface area contributed by atoms with Gasteiger partial charge in [-0.1, -0.05) is 12.1 Å². The Morgan fingerprint density at radius 2 is 1.91 bits per heavy atom. The number of benzene rings is 2. The highest BCUT2D eigenvalue weighted by Crippen LogP contribution is 2.25. The van der Waals surface area contributed by atoms with Crippen molar-refractivity contribution < 1.29 is 14.1 Å². The number of likely N-dealkylation sites (tertiary alicyclic amines) is 1. The van der Waals surface area contributed by atoms with Gasteiger partial charge in [0.25, 0.3) is 11.8 Å². The molecule has 0 spiro atoms. The maximum atomic E-state index is 13.3. The van der Waals surface area contributed by atoms with Gasteiger partial charge in [0.1, 0.15) is 5.69 Å². The van der Waals surface area contributed by atoms with E-state index < -0.39 is 0 Å². The van der Waals surface area contributed by atoms with Gasteiger partial charge in [0.15, 0.2) is 11.4 Å². The van der Waals surface area contributed by atoms with Gasteiger partial charge in [-0.2, -0.15) is 5.10 Å².